The number of likely N-dealkylation sites (tertiary alicyclic amines) is 1. The van der Waals surface area contributed by atoms with Crippen molar-refractivity contribution in [2.45, 2.75) is 201 Å². The molecular formula is C68H105N11O12. The Labute approximate surface area is 539 Å². The van der Waals surface area contributed by atoms with Crippen LogP contribution in [-0.4, -0.2) is 215 Å². The van der Waals surface area contributed by atoms with E-state index in [0.29, 0.717) is 13.1 Å². The van der Waals surface area contributed by atoms with Crippen LogP contribution in [0.5, 0.6) is 0 Å². The Morgan fingerprint density at radius 3 is 1.77 bits per heavy atom. The summed E-state index contributed by atoms with van der Waals surface area (Å²) in [5, 5.41) is 24.9. The highest BCUT2D eigenvalue weighted by Crippen LogP contribution is 2.23. The number of nitrogens with one attached hydrogen (secondary N) is 5. The van der Waals surface area contributed by atoms with Crippen molar-refractivity contribution in [2.75, 3.05) is 54.9 Å². The van der Waals surface area contributed by atoms with Gasteiger partial charge >= 0.3 is 0 Å². The lowest BCUT2D eigenvalue weighted by molar-refractivity contribution is -0.153. The number of benzene rings is 2. The molecule has 6 N–H and O–H groups in total. The van der Waals surface area contributed by atoms with Crippen LogP contribution in [0.1, 0.15) is 144 Å². The SMILES string of the molecule is CC(C)C[C@@H]1NC(=O)[C@H](CC(C)C)N(C)C(=O)[C@H](C)NC(=O)[C@H](C)N(C)C(=O)[C@H]([C@@H](C)O)NC(=O)CN(C)C(=O)[C@H](C(C)C)N(C)C(=O)[C@H](CC(C)C)N(C)C(=O)[C@H](Cc2ccccc2)NC(=O)CC/C=C/c2cccc(c2)C[C@@H](C(=O)N2CCCCC2)NC1=O. The summed E-state index contributed by atoms with van der Waals surface area (Å²) in [7, 11) is 7.03. The van der Waals surface area contributed by atoms with Gasteiger partial charge in [-0.2, -0.15) is 0 Å². The molecule has 504 valence electrons. The van der Waals surface area contributed by atoms with Crippen LogP contribution in [0.3, 0.4) is 0 Å². The van der Waals surface area contributed by atoms with Crippen molar-refractivity contribution in [2.24, 2.45) is 23.7 Å². The quantitative estimate of drug-likeness (QED) is 0.188. The van der Waals surface area contributed by atoms with E-state index < -0.39 is 132 Å². The molecule has 1 fully saturated rings. The number of piperidine rings is 1. The summed E-state index contributed by atoms with van der Waals surface area (Å²) in [6, 6.07) is 5.90. The first-order valence-electron chi connectivity index (χ1n) is 32.3. The monoisotopic (exact) mass is 1270 g/mol. The van der Waals surface area contributed by atoms with Crippen LogP contribution in [0.2, 0.25) is 0 Å². The number of hydrogen-bond donors (Lipinski definition) is 6. The Hall–Kier alpha value is -7.69. The Bertz CT molecular complexity index is 2860. The number of amides is 11. The average molecular weight is 1270 g/mol. The van der Waals surface area contributed by atoms with Crippen molar-refractivity contribution in [3.8, 4) is 0 Å². The third-order valence-electron chi connectivity index (χ3n) is 16.9. The number of fused-ring (bicyclic) bond motifs is 2. The van der Waals surface area contributed by atoms with Gasteiger partial charge in [-0.3, -0.25) is 52.7 Å². The van der Waals surface area contributed by atoms with Crippen molar-refractivity contribution < 1.29 is 57.8 Å². The Balaban J connectivity index is 1.79. The molecule has 0 aliphatic carbocycles. The standard InChI is InChI=1S/C68H105N11O12/c1-41(2)34-51-61(84)72-53(65(88)79-32-23-18-24-33-79)39-50-30-25-29-48(37-50)28-21-22-31-56(81)70-52(38-49-26-19-17-20-27-49)64(87)77(15)55(36-43(5)6)66(89)78(16)59(44(7)8)68(91)74(12)40-57(82)73-58(47(11)80)67(90)75(13)46(10)60(83)69-45(9)63(86)76(14)54(35-42(3)4)62(85)71-51/h17,19-21,25-30,37,41-47,51-55,58-59,80H,18,22-24,31-36,38-40H2,1-16H3,(H,69,83)(H,70,81)(H,71,85)(H,72,84)(H,73,82)/b28-21+/t45-,46-,47+,51-,52-,53-,54-,55-,58-,59-/m0/s1. The van der Waals surface area contributed by atoms with Crippen molar-refractivity contribution in [1.82, 2.24) is 56.0 Å². The minimum atomic E-state index is -1.61. The molecule has 2 aliphatic rings. The van der Waals surface area contributed by atoms with Gasteiger partial charge in [0.2, 0.25) is 65.0 Å². The number of carbonyl (C=O) groups is 11. The first-order valence-corrected chi connectivity index (χ1v) is 32.3. The minimum absolute atomic E-state index is 0.000203. The molecule has 2 heterocycles. The van der Waals surface area contributed by atoms with Crippen LogP contribution < -0.4 is 26.6 Å². The first-order chi connectivity index (χ1) is 42.7. The van der Waals surface area contributed by atoms with Gasteiger partial charge in [0, 0.05) is 67.6 Å². The largest absolute Gasteiger partial charge is 0.391 e. The van der Waals surface area contributed by atoms with Gasteiger partial charge in [0.25, 0.3) is 0 Å². The van der Waals surface area contributed by atoms with Crippen LogP contribution in [0.15, 0.2) is 60.7 Å². The second-order valence-corrected chi connectivity index (χ2v) is 26.5. The van der Waals surface area contributed by atoms with Gasteiger partial charge in [-0.25, -0.2) is 0 Å². The van der Waals surface area contributed by atoms with Crippen molar-refractivity contribution in [3.05, 3.63) is 77.4 Å². The van der Waals surface area contributed by atoms with Crippen LogP contribution >= 0.6 is 0 Å². The molecule has 2 aromatic carbocycles. The zero-order valence-corrected chi connectivity index (χ0v) is 56.7. The lowest BCUT2D eigenvalue weighted by Gasteiger charge is -2.38. The molecule has 0 radical (unpaired) electrons. The summed E-state index contributed by atoms with van der Waals surface area (Å²) < 4.78 is 0. The fourth-order valence-electron chi connectivity index (χ4n) is 11.6. The molecule has 0 aromatic heterocycles. The molecule has 2 aromatic rings. The van der Waals surface area contributed by atoms with Crippen molar-refractivity contribution >= 4 is 71.1 Å². The average Bonchev–Trinajstić information content (AvgIpc) is 0.931. The lowest BCUT2D eigenvalue weighted by atomic mass is 9.96. The third kappa shape index (κ3) is 22.6. The molecule has 1 saturated heterocycles. The maximum absolute atomic E-state index is 14.9. The molecule has 11 amide bonds. The predicted molar refractivity (Wildman–Crippen MR) is 349 cm³/mol. The molecule has 10 atom stereocenters. The van der Waals surface area contributed by atoms with E-state index in [4.69, 9.17) is 0 Å². The maximum atomic E-state index is 14.9. The number of aliphatic hydroxyl groups is 1. The minimum Gasteiger partial charge on any atom is -0.391 e. The second kappa shape index (κ2) is 35.8. The zero-order chi connectivity index (χ0) is 68.1. The number of rotatable bonds is 11. The van der Waals surface area contributed by atoms with Crippen LogP contribution in [0, 0.1) is 23.7 Å². The molecule has 23 nitrogen and oxygen atoms in total. The second-order valence-electron chi connectivity index (χ2n) is 26.5. The highest BCUT2D eigenvalue weighted by molar-refractivity contribution is 5.98. The third-order valence-corrected chi connectivity index (χ3v) is 16.9. The number of likely N-dealkylation sites (N-methyl/N-ethyl adjacent to an activating group) is 5. The first kappa shape index (κ1) is 75.8. The summed E-state index contributed by atoms with van der Waals surface area (Å²) in [6.45, 7) is 19.3. The van der Waals surface area contributed by atoms with Gasteiger partial charge < -0.3 is 61.1 Å². The van der Waals surface area contributed by atoms with E-state index in [-0.39, 0.29) is 68.6 Å². The molecular weight excluding hydrogens is 1160 g/mol. The van der Waals surface area contributed by atoms with E-state index in [9.17, 15) is 57.8 Å². The summed E-state index contributed by atoms with van der Waals surface area (Å²) in [5.74, 6) is -7.61. The van der Waals surface area contributed by atoms with Gasteiger partial charge in [0.15, 0.2) is 0 Å². The van der Waals surface area contributed by atoms with Gasteiger partial charge in [-0.05, 0) is 106 Å². The van der Waals surface area contributed by atoms with E-state index >= 15 is 0 Å². The highest BCUT2D eigenvalue weighted by atomic mass is 16.3. The highest BCUT2D eigenvalue weighted by Gasteiger charge is 2.42. The Kier molecular flexibility index (Phi) is 29.8. The van der Waals surface area contributed by atoms with Gasteiger partial charge in [-0.15, -0.1) is 0 Å². The van der Waals surface area contributed by atoms with E-state index in [1.165, 1.54) is 70.7 Å². The molecule has 91 heavy (non-hydrogen) atoms. The summed E-state index contributed by atoms with van der Waals surface area (Å²) in [5.41, 5.74) is 2.27. The molecule has 2 bridgehead atoms. The number of allylic oxidation sites excluding steroid dienone is 1. The summed E-state index contributed by atoms with van der Waals surface area (Å²) in [4.78, 5) is 165. The van der Waals surface area contributed by atoms with Crippen LogP contribution in [0.4, 0.5) is 0 Å². The maximum Gasteiger partial charge on any atom is 0.248 e. The van der Waals surface area contributed by atoms with E-state index in [1.54, 1.807) is 18.7 Å². The Morgan fingerprint density at radius 1 is 0.571 bits per heavy atom. The number of nitrogens with zero attached hydrogens (tertiary/aromatic N) is 6. The van der Waals surface area contributed by atoms with E-state index in [1.807, 2.05) is 108 Å². The van der Waals surface area contributed by atoms with Gasteiger partial charge in [-0.1, -0.05) is 122 Å². The summed E-state index contributed by atoms with van der Waals surface area (Å²) >= 11 is 0. The van der Waals surface area contributed by atoms with Gasteiger partial charge in [0.05, 0.1) is 12.6 Å². The smallest absolute Gasteiger partial charge is 0.248 e. The molecule has 0 saturated carbocycles. The Morgan fingerprint density at radius 2 is 1.18 bits per heavy atom. The van der Waals surface area contributed by atoms with Crippen LogP contribution in [-0.2, 0) is 65.6 Å². The van der Waals surface area contributed by atoms with Crippen molar-refractivity contribution in [3.63, 3.8) is 0 Å². The molecule has 23 heteroatoms. The summed E-state index contributed by atoms with van der Waals surface area (Å²) in [6.07, 6.45) is 5.82. The molecule has 2 aliphatic heterocycles. The van der Waals surface area contributed by atoms with E-state index in [2.05, 4.69) is 26.6 Å². The predicted octanol–water partition coefficient (Wildman–Crippen LogP) is 3.70. The number of hydrogen-bond acceptors (Lipinski definition) is 12. The number of aliphatic hydroxyl groups excluding tert-OH is 1. The topological polar surface area (TPSA) is 288 Å². The number of carbonyl (C=O) groups excluding carboxylic acids is 11. The molecule has 0 spiro atoms. The normalized spacial score (nSPS) is 25.7. The zero-order valence-electron chi connectivity index (χ0n) is 56.7. The van der Waals surface area contributed by atoms with Crippen LogP contribution in [0.25, 0.3) is 6.08 Å². The van der Waals surface area contributed by atoms with E-state index in [0.717, 1.165) is 45.8 Å². The lowest BCUT2D eigenvalue weighted by Crippen LogP contribution is -2.61. The fourth-order valence-corrected chi connectivity index (χ4v) is 11.6. The fraction of sp³-hybridized carbons (Fsp3) is 0.632. The molecule has 4 rings (SSSR count). The molecule has 0 unspecified atom stereocenters. The van der Waals surface area contributed by atoms with Crippen molar-refractivity contribution in [1.29, 1.82) is 0 Å². The van der Waals surface area contributed by atoms with Gasteiger partial charge in [0.1, 0.15) is 54.4 Å².